The van der Waals surface area contributed by atoms with Crippen LogP contribution in [-0.4, -0.2) is 51.8 Å². The Hall–Kier alpha value is -2.25. The third kappa shape index (κ3) is 4.25. The molecule has 0 aliphatic rings. The number of thiazole rings is 1. The summed E-state index contributed by atoms with van der Waals surface area (Å²) in [7, 11) is 0. The van der Waals surface area contributed by atoms with E-state index in [0.717, 1.165) is 47.2 Å². The van der Waals surface area contributed by atoms with Crippen LogP contribution in [0.25, 0.3) is 10.2 Å². The fourth-order valence-corrected chi connectivity index (χ4v) is 4.36. The van der Waals surface area contributed by atoms with E-state index < -0.39 is 0 Å². The van der Waals surface area contributed by atoms with Gasteiger partial charge in [0.05, 0.1) is 10.2 Å². The predicted molar refractivity (Wildman–Crippen MR) is 116 cm³/mol. The van der Waals surface area contributed by atoms with Crippen LogP contribution < -0.4 is 4.90 Å². The van der Waals surface area contributed by atoms with Crippen molar-refractivity contribution in [2.75, 3.05) is 31.1 Å². The smallest absolute Gasteiger partial charge is 0.280 e. The molecule has 3 aromatic rings. The molecule has 0 aliphatic carbocycles. The fourth-order valence-electron chi connectivity index (χ4n) is 3.27. The van der Waals surface area contributed by atoms with Crippen LogP contribution in [0.5, 0.6) is 0 Å². The Morgan fingerprint density at radius 2 is 1.86 bits per heavy atom. The molecule has 0 unspecified atom stereocenters. The van der Waals surface area contributed by atoms with Gasteiger partial charge in [-0.2, -0.15) is 5.10 Å². The lowest BCUT2D eigenvalue weighted by molar-refractivity contribution is 0.0978. The van der Waals surface area contributed by atoms with Gasteiger partial charge in [0, 0.05) is 25.3 Å². The zero-order valence-corrected chi connectivity index (χ0v) is 18.2. The average Bonchev–Trinajstić information content (AvgIpc) is 3.27. The summed E-state index contributed by atoms with van der Waals surface area (Å²) < 4.78 is 2.96. The van der Waals surface area contributed by atoms with Gasteiger partial charge in [-0.1, -0.05) is 31.3 Å². The van der Waals surface area contributed by atoms with Crippen molar-refractivity contribution in [2.45, 2.75) is 41.2 Å². The average molecular weight is 400 g/mol. The Balaban J connectivity index is 1.96. The van der Waals surface area contributed by atoms with Crippen molar-refractivity contribution in [3.05, 3.63) is 41.2 Å². The number of nitrogens with zero attached hydrogens (tertiary/aromatic N) is 5. The lowest BCUT2D eigenvalue weighted by Gasteiger charge is -2.24. The second-order valence-electron chi connectivity index (χ2n) is 6.94. The molecule has 0 radical (unpaired) electrons. The molecule has 0 N–H and O–H groups in total. The van der Waals surface area contributed by atoms with E-state index in [-0.39, 0.29) is 5.91 Å². The first kappa shape index (κ1) is 20.5. The van der Waals surface area contributed by atoms with Crippen molar-refractivity contribution in [3.63, 3.8) is 0 Å². The van der Waals surface area contributed by atoms with E-state index in [2.05, 4.69) is 42.9 Å². The van der Waals surface area contributed by atoms with Gasteiger partial charge in [0.1, 0.15) is 0 Å². The molecule has 0 atom stereocenters. The maximum atomic E-state index is 13.4. The number of rotatable bonds is 8. The fraction of sp³-hybridized carbons (Fsp3) is 0.476. The molecule has 0 aliphatic heterocycles. The van der Waals surface area contributed by atoms with Crippen LogP contribution in [-0.2, 0) is 6.54 Å². The van der Waals surface area contributed by atoms with E-state index in [0.29, 0.717) is 12.2 Å². The Kier molecular flexibility index (Phi) is 6.46. The van der Waals surface area contributed by atoms with E-state index in [9.17, 15) is 4.79 Å². The van der Waals surface area contributed by atoms with Crippen LogP contribution in [0.15, 0.2) is 24.3 Å². The molecule has 28 heavy (non-hydrogen) atoms. The summed E-state index contributed by atoms with van der Waals surface area (Å²) in [5.74, 6) is -0.0850. The minimum atomic E-state index is -0.0850. The van der Waals surface area contributed by atoms with Gasteiger partial charge >= 0.3 is 0 Å². The quantitative estimate of drug-likeness (QED) is 0.572. The monoisotopic (exact) mass is 399 g/mol. The summed E-state index contributed by atoms with van der Waals surface area (Å²) in [6.07, 6.45) is 0. The molecular formula is C21H29N5OS. The van der Waals surface area contributed by atoms with Crippen molar-refractivity contribution in [1.82, 2.24) is 19.7 Å². The minimum absolute atomic E-state index is 0.0850. The highest BCUT2D eigenvalue weighted by Crippen LogP contribution is 2.30. The number of aromatic nitrogens is 3. The van der Waals surface area contributed by atoms with E-state index in [4.69, 9.17) is 4.98 Å². The standard InChI is InChI=1S/C21H29N5OS/c1-6-24(7-2)11-12-25(20(27)18-14-16(5)26(8-3)23-18)21-22-17-10-9-15(4)13-19(17)28-21/h9-10,13-14H,6-8,11-12H2,1-5H3. The third-order valence-corrected chi connectivity index (χ3v) is 6.08. The van der Waals surface area contributed by atoms with Gasteiger partial charge in [0.15, 0.2) is 10.8 Å². The molecule has 2 heterocycles. The molecule has 0 spiro atoms. The maximum Gasteiger partial charge on any atom is 0.280 e. The number of benzene rings is 1. The number of hydrogen-bond donors (Lipinski definition) is 0. The predicted octanol–water partition coefficient (Wildman–Crippen LogP) is 4.12. The van der Waals surface area contributed by atoms with E-state index >= 15 is 0 Å². The number of anilines is 1. The Labute approximate surface area is 170 Å². The molecule has 3 rings (SSSR count). The van der Waals surface area contributed by atoms with Gasteiger partial charge in [-0.05, 0) is 57.6 Å². The summed E-state index contributed by atoms with van der Waals surface area (Å²) in [6, 6.07) is 8.07. The Morgan fingerprint density at radius 3 is 2.50 bits per heavy atom. The summed E-state index contributed by atoms with van der Waals surface area (Å²) in [6.45, 7) is 14.4. The second kappa shape index (κ2) is 8.84. The first-order valence-electron chi connectivity index (χ1n) is 9.92. The van der Waals surface area contributed by atoms with Crippen molar-refractivity contribution in [3.8, 4) is 0 Å². The summed E-state index contributed by atoms with van der Waals surface area (Å²) in [5.41, 5.74) is 3.60. The highest BCUT2D eigenvalue weighted by molar-refractivity contribution is 7.22. The zero-order valence-electron chi connectivity index (χ0n) is 17.4. The lowest BCUT2D eigenvalue weighted by atomic mass is 10.2. The van der Waals surface area contributed by atoms with E-state index in [1.165, 1.54) is 5.56 Å². The zero-order chi connectivity index (χ0) is 20.3. The van der Waals surface area contributed by atoms with Crippen molar-refractivity contribution in [1.29, 1.82) is 0 Å². The molecule has 0 saturated heterocycles. The number of amides is 1. The number of hydrogen-bond acceptors (Lipinski definition) is 5. The van der Waals surface area contributed by atoms with Crippen LogP contribution in [0, 0.1) is 13.8 Å². The number of fused-ring (bicyclic) bond motifs is 1. The number of likely N-dealkylation sites (N-methyl/N-ethyl adjacent to an activating group) is 1. The first-order chi connectivity index (χ1) is 13.5. The normalized spacial score (nSPS) is 11.5. The van der Waals surface area contributed by atoms with Crippen molar-refractivity contribution < 1.29 is 4.79 Å². The molecule has 7 heteroatoms. The number of carbonyl (C=O) groups excluding carboxylic acids is 1. The van der Waals surface area contributed by atoms with Gasteiger partial charge in [0.25, 0.3) is 5.91 Å². The lowest BCUT2D eigenvalue weighted by Crippen LogP contribution is -2.39. The van der Waals surface area contributed by atoms with Crippen LogP contribution in [0.2, 0.25) is 0 Å². The first-order valence-corrected chi connectivity index (χ1v) is 10.7. The van der Waals surface area contributed by atoms with Gasteiger partial charge < -0.3 is 4.90 Å². The Morgan fingerprint density at radius 1 is 1.11 bits per heavy atom. The topological polar surface area (TPSA) is 54.3 Å². The van der Waals surface area contributed by atoms with E-state index in [1.54, 1.807) is 16.2 Å². The molecule has 2 aromatic heterocycles. The molecule has 150 valence electrons. The summed E-state index contributed by atoms with van der Waals surface area (Å²) in [4.78, 5) is 22.2. The van der Waals surface area contributed by atoms with Crippen LogP contribution >= 0.6 is 11.3 Å². The SMILES string of the molecule is CCN(CC)CCN(C(=O)c1cc(C)n(CC)n1)c1nc2ccc(C)cc2s1. The molecule has 0 bridgehead atoms. The van der Waals surface area contributed by atoms with Gasteiger partial charge in [-0.15, -0.1) is 0 Å². The third-order valence-electron chi connectivity index (χ3n) is 5.04. The Bertz CT molecular complexity index is 957. The van der Waals surface area contributed by atoms with Crippen molar-refractivity contribution in [2.24, 2.45) is 0 Å². The van der Waals surface area contributed by atoms with Gasteiger partial charge in [0.2, 0.25) is 0 Å². The van der Waals surface area contributed by atoms with Gasteiger partial charge in [-0.3, -0.25) is 14.4 Å². The minimum Gasteiger partial charge on any atom is -0.302 e. The van der Waals surface area contributed by atoms with Crippen LogP contribution in [0.4, 0.5) is 5.13 Å². The molecule has 0 fully saturated rings. The molecule has 1 aromatic carbocycles. The summed E-state index contributed by atoms with van der Waals surface area (Å²) >= 11 is 1.57. The highest BCUT2D eigenvalue weighted by atomic mass is 32.1. The highest BCUT2D eigenvalue weighted by Gasteiger charge is 2.24. The largest absolute Gasteiger partial charge is 0.302 e. The molecular weight excluding hydrogens is 370 g/mol. The number of carbonyl (C=O) groups is 1. The van der Waals surface area contributed by atoms with Crippen molar-refractivity contribution >= 4 is 32.6 Å². The second-order valence-corrected chi connectivity index (χ2v) is 7.95. The molecule has 1 amide bonds. The maximum absolute atomic E-state index is 13.4. The number of aryl methyl sites for hydroxylation is 3. The van der Waals surface area contributed by atoms with Crippen LogP contribution in [0.1, 0.15) is 42.5 Å². The molecule has 0 saturated carbocycles. The van der Waals surface area contributed by atoms with E-state index in [1.807, 2.05) is 30.7 Å². The molecule has 6 nitrogen and oxygen atoms in total. The summed E-state index contributed by atoms with van der Waals surface area (Å²) in [5, 5.41) is 5.24. The van der Waals surface area contributed by atoms with Gasteiger partial charge in [-0.25, -0.2) is 4.98 Å². The van der Waals surface area contributed by atoms with Crippen LogP contribution in [0.3, 0.4) is 0 Å².